The zero-order chi connectivity index (χ0) is 18.7. The Morgan fingerprint density at radius 3 is 2.46 bits per heavy atom. The normalized spacial score (nSPS) is 30.2. The smallest absolute Gasteiger partial charge is 0.233 e. The van der Waals surface area contributed by atoms with Crippen LogP contribution in [0.4, 0.5) is 5.69 Å². The molecule has 0 aromatic heterocycles. The van der Waals surface area contributed by atoms with Crippen molar-refractivity contribution in [3.63, 3.8) is 0 Å². The summed E-state index contributed by atoms with van der Waals surface area (Å²) in [5.41, 5.74) is 5.06. The summed E-state index contributed by atoms with van der Waals surface area (Å²) in [6.45, 7) is 16.8. The van der Waals surface area contributed by atoms with Crippen LogP contribution in [0.1, 0.15) is 44.2 Å². The molecule has 1 aromatic rings. The summed E-state index contributed by atoms with van der Waals surface area (Å²) >= 11 is 0. The Labute approximate surface area is 158 Å². The Bertz CT molecular complexity index is 757. The van der Waals surface area contributed by atoms with E-state index in [0.29, 0.717) is 11.8 Å². The van der Waals surface area contributed by atoms with Gasteiger partial charge in [-0.1, -0.05) is 38.1 Å². The van der Waals surface area contributed by atoms with Crippen molar-refractivity contribution in [2.75, 3.05) is 31.1 Å². The SMILES string of the molecule is C=C1C(C)(C)[C@@H]2CC[C@@]1(C(=O)N1CCN(c3cccc(C)c3C)CC1)C2. The molecule has 1 saturated heterocycles. The number of benzene rings is 1. The van der Waals surface area contributed by atoms with Crippen LogP contribution in [0.2, 0.25) is 0 Å². The molecule has 140 valence electrons. The minimum Gasteiger partial charge on any atom is -0.368 e. The van der Waals surface area contributed by atoms with Crippen molar-refractivity contribution in [2.24, 2.45) is 16.7 Å². The van der Waals surface area contributed by atoms with E-state index in [1.165, 1.54) is 28.8 Å². The molecule has 2 saturated carbocycles. The quantitative estimate of drug-likeness (QED) is 0.740. The summed E-state index contributed by atoms with van der Waals surface area (Å²) in [7, 11) is 0. The highest BCUT2D eigenvalue weighted by Crippen LogP contribution is 2.65. The average molecular weight is 353 g/mol. The van der Waals surface area contributed by atoms with Crippen LogP contribution in [0.3, 0.4) is 0 Å². The lowest BCUT2D eigenvalue weighted by Gasteiger charge is -2.43. The lowest BCUT2D eigenvalue weighted by atomic mass is 9.68. The molecule has 2 bridgehead atoms. The average Bonchev–Trinajstić information content (AvgIpc) is 3.16. The summed E-state index contributed by atoms with van der Waals surface area (Å²) in [5, 5.41) is 0. The molecule has 2 aliphatic carbocycles. The Hall–Kier alpha value is -1.77. The molecule has 3 heteroatoms. The van der Waals surface area contributed by atoms with Crippen molar-refractivity contribution in [3.05, 3.63) is 41.5 Å². The van der Waals surface area contributed by atoms with Crippen LogP contribution < -0.4 is 4.90 Å². The molecule has 1 heterocycles. The summed E-state index contributed by atoms with van der Waals surface area (Å²) in [6, 6.07) is 6.51. The number of anilines is 1. The molecule has 3 nitrogen and oxygen atoms in total. The van der Waals surface area contributed by atoms with Crippen LogP contribution in [-0.2, 0) is 4.79 Å². The Morgan fingerprint density at radius 1 is 1.15 bits per heavy atom. The topological polar surface area (TPSA) is 23.6 Å². The number of rotatable bonds is 2. The van der Waals surface area contributed by atoms with E-state index in [4.69, 9.17) is 0 Å². The number of aryl methyl sites for hydroxylation is 1. The van der Waals surface area contributed by atoms with E-state index in [1.54, 1.807) is 0 Å². The van der Waals surface area contributed by atoms with Gasteiger partial charge in [0, 0.05) is 31.9 Å². The lowest BCUT2D eigenvalue weighted by Crippen LogP contribution is -2.53. The lowest BCUT2D eigenvalue weighted by molar-refractivity contribution is -0.140. The van der Waals surface area contributed by atoms with E-state index in [2.05, 4.69) is 62.3 Å². The second kappa shape index (κ2) is 5.87. The molecule has 3 fully saturated rings. The van der Waals surface area contributed by atoms with Gasteiger partial charge in [-0.2, -0.15) is 0 Å². The predicted molar refractivity (Wildman–Crippen MR) is 107 cm³/mol. The van der Waals surface area contributed by atoms with Gasteiger partial charge < -0.3 is 9.80 Å². The monoisotopic (exact) mass is 352 g/mol. The molecular formula is C23H32N2O. The molecule has 1 amide bonds. The van der Waals surface area contributed by atoms with Crippen molar-refractivity contribution < 1.29 is 4.79 Å². The maximum absolute atomic E-state index is 13.5. The van der Waals surface area contributed by atoms with Gasteiger partial charge in [-0.3, -0.25) is 4.79 Å². The molecular weight excluding hydrogens is 320 g/mol. The first-order chi connectivity index (χ1) is 12.3. The van der Waals surface area contributed by atoms with Gasteiger partial charge in [0.2, 0.25) is 5.91 Å². The standard InChI is InChI=1S/C23H32N2O/c1-16-7-6-8-20(17(16)2)24-11-13-25(14-12-24)21(26)23-10-9-19(15-23)22(4,5)18(23)3/h6-8,19H,3,9-15H2,1-2,4-5H3/t19-,23-/m1/s1. The van der Waals surface area contributed by atoms with Gasteiger partial charge in [-0.15, -0.1) is 0 Å². The number of nitrogens with zero attached hydrogens (tertiary/aromatic N) is 2. The zero-order valence-corrected chi connectivity index (χ0v) is 16.8. The van der Waals surface area contributed by atoms with E-state index in [0.717, 1.165) is 39.0 Å². The predicted octanol–water partition coefficient (Wildman–Crippen LogP) is 4.33. The molecule has 2 atom stereocenters. The fourth-order valence-electron chi connectivity index (χ4n) is 5.65. The van der Waals surface area contributed by atoms with Crippen molar-refractivity contribution >= 4 is 11.6 Å². The summed E-state index contributed by atoms with van der Waals surface area (Å²) in [4.78, 5) is 18.0. The van der Waals surface area contributed by atoms with Gasteiger partial charge >= 0.3 is 0 Å². The summed E-state index contributed by atoms with van der Waals surface area (Å²) in [6.07, 6.45) is 3.21. The van der Waals surface area contributed by atoms with Gasteiger partial charge in [-0.25, -0.2) is 0 Å². The Morgan fingerprint density at radius 2 is 1.85 bits per heavy atom. The fraction of sp³-hybridized carbons (Fsp3) is 0.609. The molecule has 26 heavy (non-hydrogen) atoms. The van der Waals surface area contributed by atoms with Crippen molar-refractivity contribution in [1.29, 1.82) is 0 Å². The summed E-state index contributed by atoms with van der Waals surface area (Å²) in [5.74, 6) is 0.992. The van der Waals surface area contributed by atoms with Crippen molar-refractivity contribution in [2.45, 2.75) is 47.0 Å². The number of amides is 1. The third-order valence-electron chi connectivity index (χ3n) is 7.78. The van der Waals surface area contributed by atoms with Crippen LogP contribution in [0.5, 0.6) is 0 Å². The largest absolute Gasteiger partial charge is 0.368 e. The van der Waals surface area contributed by atoms with Gasteiger partial charge in [0.05, 0.1) is 5.41 Å². The van der Waals surface area contributed by atoms with Crippen LogP contribution in [0, 0.1) is 30.6 Å². The molecule has 1 aliphatic heterocycles. The highest BCUT2D eigenvalue weighted by molar-refractivity contribution is 5.88. The van der Waals surface area contributed by atoms with Crippen molar-refractivity contribution in [3.8, 4) is 0 Å². The van der Waals surface area contributed by atoms with Crippen molar-refractivity contribution in [1.82, 2.24) is 4.90 Å². The Kier molecular flexibility index (Phi) is 3.98. The van der Waals surface area contributed by atoms with Gasteiger partial charge in [0.25, 0.3) is 0 Å². The molecule has 0 spiro atoms. The number of carbonyl (C=O) groups excluding carboxylic acids is 1. The third-order valence-corrected chi connectivity index (χ3v) is 7.78. The van der Waals surface area contributed by atoms with Gasteiger partial charge in [0.1, 0.15) is 0 Å². The second-order valence-corrected chi connectivity index (χ2v) is 9.22. The molecule has 3 aliphatic rings. The molecule has 0 N–H and O–H groups in total. The number of fused-ring (bicyclic) bond motifs is 2. The highest BCUT2D eigenvalue weighted by atomic mass is 16.2. The molecule has 4 rings (SSSR count). The number of piperazine rings is 1. The number of hydrogen-bond acceptors (Lipinski definition) is 2. The minimum atomic E-state index is -0.268. The van der Waals surface area contributed by atoms with Gasteiger partial charge in [-0.05, 0) is 61.6 Å². The van der Waals surface area contributed by atoms with E-state index >= 15 is 0 Å². The van der Waals surface area contributed by atoms with E-state index in [-0.39, 0.29) is 10.8 Å². The van der Waals surface area contributed by atoms with E-state index in [9.17, 15) is 4.79 Å². The van der Waals surface area contributed by atoms with Crippen LogP contribution in [0.15, 0.2) is 30.4 Å². The third kappa shape index (κ3) is 2.35. The maximum atomic E-state index is 13.5. The molecule has 1 aromatic carbocycles. The number of hydrogen-bond donors (Lipinski definition) is 0. The van der Waals surface area contributed by atoms with Crippen LogP contribution in [-0.4, -0.2) is 37.0 Å². The Balaban J connectivity index is 1.48. The fourth-order valence-corrected chi connectivity index (χ4v) is 5.65. The van der Waals surface area contributed by atoms with Crippen LogP contribution in [0.25, 0.3) is 0 Å². The first-order valence-corrected chi connectivity index (χ1v) is 10.1. The first-order valence-electron chi connectivity index (χ1n) is 10.1. The summed E-state index contributed by atoms with van der Waals surface area (Å²) < 4.78 is 0. The van der Waals surface area contributed by atoms with Gasteiger partial charge in [0.15, 0.2) is 0 Å². The highest BCUT2D eigenvalue weighted by Gasteiger charge is 2.61. The number of carbonyl (C=O) groups is 1. The van der Waals surface area contributed by atoms with Crippen LogP contribution >= 0.6 is 0 Å². The second-order valence-electron chi connectivity index (χ2n) is 9.22. The maximum Gasteiger partial charge on any atom is 0.233 e. The minimum absolute atomic E-state index is 0.119. The molecule has 0 unspecified atom stereocenters. The first kappa shape index (κ1) is 17.6. The van der Waals surface area contributed by atoms with E-state index in [1.807, 2.05) is 0 Å². The molecule has 0 radical (unpaired) electrons. The van der Waals surface area contributed by atoms with E-state index < -0.39 is 0 Å². The zero-order valence-electron chi connectivity index (χ0n) is 16.8.